The number of halogens is 1. The first-order valence-electron chi connectivity index (χ1n) is 4.37. The molecule has 0 aliphatic carbocycles. The van der Waals surface area contributed by atoms with Crippen LogP contribution in [-0.4, -0.2) is 39.4 Å². The molecule has 1 unspecified atom stereocenters. The van der Waals surface area contributed by atoms with E-state index in [1.165, 1.54) is 12.3 Å². The van der Waals surface area contributed by atoms with E-state index in [0.717, 1.165) is 0 Å². The molecule has 1 rings (SSSR count). The van der Waals surface area contributed by atoms with E-state index in [-0.39, 0.29) is 18.1 Å². The summed E-state index contributed by atoms with van der Waals surface area (Å²) < 4.78 is 0.493. The van der Waals surface area contributed by atoms with Gasteiger partial charge in [0.25, 0.3) is 0 Å². The van der Waals surface area contributed by atoms with Gasteiger partial charge in [0.15, 0.2) is 0 Å². The van der Waals surface area contributed by atoms with Crippen LogP contribution in [0.25, 0.3) is 0 Å². The molecular weight excluding hydrogens is 282 g/mol. The van der Waals surface area contributed by atoms with Gasteiger partial charge in [0, 0.05) is 23.3 Å². The topological polar surface area (TPSA) is 109 Å². The molecule has 0 fully saturated rings. The highest BCUT2D eigenvalue weighted by atomic mass is 79.9. The molecule has 0 bridgehead atoms. The van der Waals surface area contributed by atoms with Gasteiger partial charge in [0.2, 0.25) is 5.82 Å². The van der Waals surface area contributed by atoms with E-state index in [4.69, 9.17) is 10.2 Å². The Bertz CT molecular complexity index is 388. The van der Waals surface area contributed by atoms with Crippen molar-refractivity contribution in [1.82, 2.24) is 4.98 Å². The summed E-state index contributed by atoms with van der Waals surface area (Å²) in [6.07, 6.45) is 0.422. The van der Waals surface area contributed by atoms with E-state index in [1.807, 2.05) is 0 Å². The summed E-state index contributed by atoms with van der Waals surface area (Å²) in [6, 6.07) is 1.31. The van der Waals surface area contributed by atoms with Crippen LogP contribution in [0.3, 0.4) is 0 Å². The molecule has 3 N–H and O–H groups in total. The van der Waals surface area contributed by atoms with Crippen molar-refractivity contribution in [1.29, 1.82) is 0 Å². The summed E-state index contributed by atoms with van der Waals surface area (Å²) >= 11 is 3.07. The third-order valence-corrected chi connectivity index (χ3v) is 2.18. The van der Waals surface area contributed by atoms with Crippen LogP contribution in [-0.2, 0) is 0 Å². The van der Waals surface area contributed by atoms with Crippen molar-refractivity contribution in [2.75, 3.05) is 18.5 Å². The number of nitrogens with zero attached hydrogens (tertiary/aromatic N) is 2. The maximum absolute atomic E-state index is 10.7. The Morgan fingerprint density at radius 1 is 1.69 bits per heavy atom. The van der Waals surface area contributed by atoms with Gasteiger partial charge in [-0.2, -0.15) is 0 Å². The van der Waals surface area contributed by atoms with Crippen LogP contribution >= 0.6 is 15.9 Å². The molecule has 8 heteroatoms. The summed E-state index contributed by atoms with van der Waals surface area (Å²) in [5.41, 5.74) is -0.195. The van der Waals surface area contributed by atoms with Crippen LogP contribution in [0.1, 0.15) is 0 Å². The summed E-state index contributed by atoms with van der Waals surface area (Å²) in [4.78, 5) is 13.9. The lowest BCUT2D eigenvalue weighted by Crippen LogP contribution is -2.23. The maximum atomic E-state index is 10.7. The summed E-state index contributed by atoms with van der Waals surface area (Å²) in [7, 11) is 0. The molecule has 88 valence electrons. The minimum absolute atomic E-state index is 0.00796. The molecule has 0 saturated heterocycles. The number of aliphatic hydroxyl groups excluding tert-OH is 2. The normalized spacial score (nSPS) is 12.2. The highest BCUT2D eigenvalue weighted by Crippen LogP contribution is 2.24. The predicted octanol–water partition coefficient (Wildman–Crippen LogP) is 0.517. The number of nitro groups is 1. The smallest absolute Gasteiger partial charge is 0.312 e. The predicted molar refractivity (Wildman–Crippen MR) is 60.2 cm³/mol. The molecule has 0 saturated carbocycles. The average molecular weight is 292 g/mol. The largest absolute Gasteiger partial charge is 0.394 e. The van der Waals surface area contributed by atoms with Crippen molar-refractivity contribution in [2.24, 2.45) is 0 Å². The van der Waals surface area contributed by atoms with E-state index >= 15 is 0 Å². The van der Waals surface area contributed by atoms with Crippen molar-refractivity contribution in [2.45, 2.75) is 6.10 Å². The first-order chi connectivity index (χ1) is 7.54. The molecule has 1 heterocycles. The number of anilines is 1. The van der Waals surface area contributed by atoms with Gasteiger partial charge < -0.3 is 15.5 Å². The molecule has 16 heavy (non-hydrogen) atoms. The number of aromatic nitrogens is 1. The second-order valence-corrected chi connectivity index (χ2v) is 3.91. The Balaban J connectivity index is 2.82. The zero-order chi connectivity index (χ0) is 12.1. The highest BCUT2D eigenvalue weighted by Gasteiger charge is 2.16. The van der Waals surface area contributed by atoms with E-state index < -0.39 is 17.6 Å². The molecule has 0 aromatic carbocycles. The fourth-order valence-electron chi connectivity index (χ4n) is 0.983. The molecule has 1 aromatic rings. The van der Waals surface area contributed by atoms with E-state index in [1.54, 1.807) is 0 Å². The van der Waals surface area contributed by atoms with Crippen molar-refractivity contribution in [3.05, 3.63) is 26.9 Å². The third kappa shape index (κ3) is 3.40. The molecule has 0 spiro atoms. The molecule has 0 amide bonds. The van der Waals surface area contributed by atoms with Gasteiger partial charge in [-0.15, -0.1) is 0 Å². The van der Waals surface area contributed by atoms with E-state index in [2.05, 4.69) is 26.2 Å². The monoisotopic (exact) mass is 291 g/mol. The lowest BCUT2D eigenvalue weighted by Gasteiger charge is -2.09. The van der Waals surface area contributed by atoms with Crippen LogP contribution in [0.5, 0.6) is 0 Å². The van der Waals surface area contributed by atoms with Gasteiger partial charge in [-0.3, -0.25) is 10.1 Å². The van der Waals surface area contributed by atoms with Gasteiger partial charge in [-0.1, -0.05) is 0 Å². The first kappa shape index (κ1) is 12.8. The minimum atomic E-state index is -0.981. The van der Waals surface area contributed by atoms with Gasteiger partial charge >= 0.3 is 5.69 Å². The minimum Gasteiger partial charge on any atom is -0.394 e. The van der Waals surface area contributed by atoms with E-state index in [9.17, 15) is 10.1 Å². The second kappa shape index (κ2) is 5.73. The van der Waals surface area contributed by atoms with Gasteiger partial charge in [0.1, 0.15) is 0 Å². The first-order valence-corrected chi connectivity index (χ1v) is 5.16. The summed E-state index contributed by atoms with van der Waals surface area (Å²) in [6.45, 7) is -0.427. The van der Waals surface area contributed by atoms with Crippen LogP contribution in [0, 0.1) is 10.1 Å². The summed E-state index contributed by atoms with van der Waals surface area (Å²) in [5, 5.41) is 30.9. The Morgan fingerprint density at radius 3 is 2.94 bits per heavy atom. The average Bonchev–Trinajstić information content (AvgIpc) is 2.26. The Morgan fingerprint density at radius 2 is 2.38 bits per heavy atom. The van der Waals surface area contributed by atoms with Crippen LogP contribution in [0.15, 0.2) is 16.7 Å². The Labute approximate surface area is 99.4 Å². The maximum Gasteiger partial charge on any atom is 0.312 e. The molecule has 1 atom stereocenters. The van der Waals surface area contributed by atoms with Gasteiger partial charge in [-0.05, 0) is 15.9 Å². The molecule has 1 aromatic heterocycles. The van der Waals surface area contributed by atoms with Gasteiger partial charge in [0.05, 0.1) is 17.6 Å². The molecule has 7 nitrogen and oxygen atoms in total. The third-order valence-electron chi connectivity index (χ3n) is 1.75. The number of rotatable bonds is 5. The van der Waals surface area contributed by atoms with Crippen molar-refractivity contribution < 1.29 is 15.1 Å². The van der Waals surface area contributed by atoms with Crippen molar-refractivity contribution in [3.8, 4) is 0 Å². The number of aliphatic hydroxyl groups is 2. The molecule has 0 aliphatic rings. The molecule has 0 aliphatic heterocycles. The van der Waals surface area contributed by atoms with Crippen molar-refractivity contribution in [3.63, 3.8) is 0 Å². The number of pyridine rings is 1. The lowest BCUT2D eigenvalue weighted by molar-refractivity contribution is -0.384. The van der Waals surface area contributed by atoms with Crippen LogP contribution < -0.4 is 5.32 Å². The summed E-state index contributed by atoms with van der Waals surface area (Å²) in [5.74, 6) is 0.0562. The quantitative estimate of drug-likeness (QED) is 0.539. The number of hydrogen-bond donors (Lipinski definition) is 3. The lowest BCUT2D eigenvalue weighted by atomic mass is 10.3. The standard InChI is InChI=1S/C8H10BrN3O4/c9-5-1-7(12(15)16)8(10-2-5)11-3-6(14)4-13/h1-2,6,13-14H,3-4H2,(H,10,11). The fraction of sp³-hybridized carbons (Fsp3) is 0.375. The van der Waals surface area contributed by atoms with Crippen LogP contribution in [0.2, 0.25) is 0 Å². The molecular formula is C8H10BrN3O4. The van der Waals surface area contributed by atoms with Crippen LogP contribution in [0.4, 0.5) is 11.5 Å². The zero-order valence-electron chi connectivity index (χ0n) is 8.13. The molecule has 0 radical (unpaired) electrons. The van der Waals surface area contributed by atoms with Gasteiger partial charge in [-0.25, -0.2) is 4.98 Å². The number of nitrogens with one attached hydrogen (secondary N) is 1. The highest BCUT2D eigenvalue weighted by molar-refractivity contribution is 9.10. The zero-order valence-corrected chi connectivity index (χ0v) is 9.72. The Kier molecular flexibility index (Phi) is 4.59. The SMILES string of the molecule is O=[N+]([O-])c1cc(Br)cnc1NCC(O)CO. The fourth-order valence-corrected chi connectivity index (χ4v) is 1.30. The second-order valence-electron chi connectivity index (χ2n) is 3.00. The Hall–Kier alpha value is -1.25. The van der Waals surface area contributed by atoms with E-state index in [0.29, 0.717) is 4.47 Å². The number of hydrogen-bond acceptors (Lipinski definition) is 6. The van der Waals surface area contributed by atoms with Crippen molar-refractivity contribution >= 4 is 27.4 Å².